The number of nitrogens with zero attached hydrogens (tertiary/aromatic N) is 2. The molecule has 7 heteroatoms. The molecule has 1 aliphatic rings. The molecule has 0 aromatic heterocycles. The number of benzene rings is 2. The number of ether oxygens (including phenoxy) is 1. The van der Waals surface area contributed by atoms with Crippen LogP contribution in [0.25, 0.3) is 0 Å². The fourth-order valence-electron chi connectivity index (χ4n) is 3.16. The largest absolute Gasteiger partial charge is 0.375 e. The number of hydrogen-bond donors (Lipinski definition) is 2. The number of piperazine rings is 1. The highest BCUT2D eigenvalue weighted by Crippen LogP contribution is 2.19. The summed E-state index contributed by atoms with van der Waals surface area (Å²) in [6.07, 6.45) is 0. The van der Waals surface area contributed by atoms with E-state index in [4.69, 9.17) is 4.74 Å². The molecule has 2 aromatic rings. The van der Waals surface area contributed by atoms with Gasteiger partial charge in [-0.2, -0.15) is 0 Å². The van der Waals surface area contributed by atoms with Crippen molar-refractivity contribution in [1.29, 1.82) is 0 Å². The van der Waals surface area contributed by atoms with Crippen molar-refractivity contribution in [2.75, 3.05) is 55.4 Å². The predicted octanol–water partition coefficient (Wildman–Crippen LogP) is 2.93. The van der Waals surface area contributed by atoms with Gasteiger partial charge in [0, 0.05) is 50.4 Å². The molecule has 0 radical (unpaired) electrons. The quantitative estimate of drug-likeness (QED) is 0.834. The van der Waals surface area contributed by atoms with Crippen molar-refractivity contribution in [3.63, 3.8) is 0 Å². The summed E-state index contributed by atoms with van der Waals surface area (Å²) >= 11 is 0. The van der Waals surface area contributed by atoms with Gasteiger partial charge in [-0.1, -0.05) is 12.1 Å². The van der Waals surface area contributed by atoms with Crippen LogP contribution in [0.3, 0.4) is 0 Å². The lowest BCUT2D eigenvalue weighted by molar-refractivity contribution is -0.119. The Morgan fingerprint density at radius 2 is 1.61 bits per heavy atom. The maximum absolute atomic E-state index is 12.5. The minimum absolute atomic E-state index is 0.00696. The number of aryl methyl sites for hydroxylation is 1. The van der Waals surface area contributed by atoms with E-state index in [2.05, 4.69) is 46.7 Å². The number of carbonyl (C=O) groups excluding carboxylic acids is 2. The minimum atomic E-state index is -0.217. The van der Waals surface area contributed by atoms with Crippen LogP contribution in [0.4, 0.5) is 21.9 Å². The Labute approximate surface area is 165 Å². The van der Waals surface area contributed by atoms with E-state index in [9.17, 15) is 9.59 Å². The van der Waals surface area contributed by atoms with E-state index in [0.29, 0.717) is 24.5 Å². The molecule has 0 aliphatic carbocycles. The van der Waals surface area contributed by atoms with Crippen LogP contribution in [0.2, 0.25) is 0 Å². The number of urea groups is 1. The monoisotopic (exact) mass is 382 g/mol. The molecule has 0 unspecified atom stereocenters. The van der Waals surface area contributed by atoms with Gasteiger partial charge in [-0.25, -0.2) is 4.79 Å². The molecule has 0 spiro atoms. The number of hydrogen-bond acceptors (Lipinski definition) is 4. The third-order valence-corrected chi connectivity index (χ3v) is 4.63. The van der Waals surface area contributed by atoms with Gasteiger partial charge in [0.1, 0.15) is 6.61 Å². The highest BCUT2D eigenvalue weighted by molar-refractivity contribution is 5.93. The number of methoxy groups -OCH3 is 1. The smallest absolute Gasteiger partial charge is 0.321 e. The van der Waals surface area contributed by atoms with Crippen LogP contribution in [0, 0.1) is 6.92 Å². The maximum Gasteiger partial charge on any atom is 0.321 e. The molecule has 1 heterocycles. The topological polar surface area (TPSA) is 73.9 Å². The number of amides is 3. The van der Waals surface area contributed by atoms with Gasteiger partial charge >= 0.3 is 6.03 Å². The van der Waals surface area contributed by atoms with Crippen molar-refractivity contribution in [2.45, 2.75) is 6.92 Å². The lowest BCUT2D eigenvalue weighted by Gasteiger charge is -2.36. The van der Waals surface area contributed by atoms with Crippen LogP contribution in [-0.4, -0.2) is 56.7 Å². The highest BCUT2D eigenvalue weighted by Gasteiger charge is 2.21. The molecule has 2 N–H and O–H groups in total. The third-order valence-electron chi connectivity index (χ3n) is 4.63. The van der Waals surface area contributed by atoms with E-state index in [1.807, 2.05) is 4.90 Å². The fraction of sp³-hybridized carbons (Fsp3) is 0.333. The second-order valence-corrected chi connectivity index (χ2v) is 6.80. The molecule has 0 atom stereocenters. The highest BCUT2D eigenvalue weighted by atomic mass is 16.5. The summed E-state index contributed by atoms with van der Waals surface area (Å²) in [5.74, 6) is -0.217. The van der Waals surface area contributed by atoms with Gasteiger partial charge in [-0.3, -0.25) is 4.79 Å². The zero-order valence-electron chi connectivity index (χ0n) is 16.3. The molecule has 1 saturated heterocycles. The standard InChI is InChI=1S/C21H26N4O3/c1-16-4-3-5-19(14-16)24-10-12-25(13-11-24)21(27)23-18-8-6-17(7-9-18)22-20(26)15-28-2/h3-9,14H,10-13,15H2,1-2H3,(H,22,26)(H,23,27). The van der Waals surface area contributed by atoms with E-state index in [1.165, 1.54) is 18.4 Å². The summed E-state index contributed by atoms with van der Waals surface area (Å²) < 4.78 is 4.78. The summed E-state index contributed by atoms with van der Waals surface area (Å²) in [6, 6.07) is 15.3. The second kappa shape index (κ2) is 9.23. The van der Waals surface area contributed by atoms with Gasteiger partial charge in [-0.05, 0) is 48.9 Å². The first-order chi connectivity index (χ1) is 13.5. The Hall–Kier alpha value is -3.06. The molecule has 1 aliphatic heterocycles. The number of anilines is 3. The molecular weight excluding hydrogens is 356 g/mol. The van der Waals surface area contributed by atoms with E-state index < -0.39 is 0 Å². The summed E-state index contributed by atoms with van der Waals surface area (Å²) in [5, 5.41) is 5.63. The Balaban J connectivity index is 1.49. The fourth-order valence-corrected chi connectivity index (χ4v) is 3.16. The Bertz CT molecular complexity index is 815. The summed E-state index contributed by atoms with van der Waals surface area (Å²) in [5.41, 5.74) is 3.79. The molecule has 28 heavy (non-hydrogen) atoms. The number of rotatable bonds is 5. The average molecular weight is 382 g/mol. The SMILES string of the molecule is COCC(=O)Nc1ccc(NC(=O)N2CCN(c3cccc(C)c3)CC2)cc1. The van der Waals surface area contributed by atoms with E-state index >= 15 is 0 Å². The molecule has 148 valence electrons. The Morgan fingerprint density at radius 3 is 2.21 bits per heavy atom. The zero-order valence-corrected chi connectivity index (χ0v) is 16.3. The average Bonchev–Trinajstić information content (AvgIpc) is 2.70. The van der Waals surface area contributed by atoms with Crippen molar-refractivity contribution in [3.8, 4) is 0 Å². The third kappa shape index (κ3) is 5.23. The van der Waals surface area contributed by atoms with Crippen LogP contribution < -0.4 is 15.5 Å². The van der Waals surface area contributed by atoms with Crippen LogP contribution in [0.1, 0.15) is 5.56 Å². The first-order valence-electron chi connectivity index (χ1n) is 9.31. The molecule has 3 rings (SSSR count). The van der Waals surface area contributed by atoms with E-state index in [-0.39, 0.29) is 18.5 Å². The van der Waals surface area contributed by atoms with Gasteiger partial charge in [0.05, 0.1) is 0 Å². The predicted molar refractivity (Wildman–Crippen MR) is 111 cm³/mol. The minimum Gasteiger partial charge on any atom is -0.375 e. The molecule has 0 saturated carbocycles. The molecule has 7 nitrogen and oxygen atoms in total. The Morgan fingerprint density at radius 1 is 0.964 bits per heavy atom. The van der Waals surface area contributed by atoms with Crippen LogP contribution in [-0.2, 0) is 9.53 Å². The molecular formula is C21H26N4O3. The van der Waals surface area contributed by atoms with Crippen molar-refractivity contribution < 1.29 is 14.3 Å². The summed E-state index contributed by atoms with van der Waals surface area (Å²) in [7, 11) is 1.47. The lowest BCUT2D eigenvalue weighted by Crippen LogP contribution is -2.50. The van der Waals surface area contributed by atoms with Gasteiger partial charge in [0.2, 0.25) is 5.91 Å². The number of carbonyl (C=O) groups is 2. The van der Waals surface area contributed by atoms with Crippen LogP contribution >= 0.6 is 0 Å². The second-order valence-electron chi connectivity index (χ2n) is 6.80. The van der Waals surface area contributed by atoms with Crippen molar-refractivity contribution in [3.05, 3.63) is 54.1 Å². The normalized spacial score (nSPS) is 13.9. The zero-order chi connectivity index (χ0) is 19.9. The molecule has 3 amide bonds. The van der Waals surface area contributed by atoms with Gasteiger partial charge in [0.15, 0.2) is 0 Å². The van der Waals surface area contributed by atoms with Crippen molar-refractivity contribution >= 4 is 29.0 Å². The van der Waals surface area contributed by atoms with Crippen LogP contribution in [0.5, 0.6) is 0 Å². The summed E-state index contributed by atoms with van der Waals surface area (Å²) in [4.78, 5) is 28.2. The first-order valence-corrected chi connectivity index (χ1v) is 9.31. The lowest BCUT2D eigenvalue weighted by atomic mass is 10.2. The molecule has 0 bridgehead atoms. The van der Waals surface area contributed by atoms with Gasteiger partial charge < -0.3 is 25.2 Å². The maximum atomic E-state index is 12.5. The van der Waals surface area contributed by atoms with Crippen LogP contribution in [0.15, 0.2) is 48.5 Å². The van der Waals surface area contributed by atoms with Crippen molar-refractivity contribution in [1.82, 2.24) is 4.90 Å². The van der Waals surface area contributed by atoms with Gasteiger partial charge in [-0.15, -0.1) is 0 Å². The van der Waals surface area contributed by atoms with Gasteiger partial charge in [0.25, 0.3) is 0 Å². The molecule has 2 aromatic carbocycles. The Kier molecular flexibility index (Phi) is 6.49. The van der Waals surface area contributed by atoms with E-state index in [1.54, 1.807) is 24.3 Å². The van der Waals surface area contributed by atoms with E-state index in [0.717, 1.165) is 13.1 Å². The number of nitrogens with one attached hydrogen (secondary N) is 2. The summed E-state index contributed by atoms with van der Waals surface area (Å²) in [6.45, 7) is 5.05. The first kappa shape index (κ1) is 19.7. The molecule has 1 fully saturated rings. The van der Waals surface area contributed by atoms with Crippen molar-refractivity contribution in [2.24, 2.45) is 0 Å².